The van der Waals surface area contributed by atoms with Gasteiger partial charge in [-0.05, 0) is 51.0 Å². The molecule has 0 atom stereocenters. The SMILES string of the molecule is CCCc1cc(Br)cc2cc(NC(=O)OC(C)(C)C)nnc12. The lowest BCUT2D eigenvalue weighted by molar-refractivity contribution is 0.0635. The number of hydrogen-bond donors (Lipinski definition) is 1. The number of carbonyl (C=O) groups excluding carboxylic acids is 1. The topological polar surface area (TPSA) is 64.1 Å². The van der Waals surface area contributed by atoms with Crippen molar-refractivity contribution < 1.29 is 9.53 Å². The van der Waals surface area contributed by atoms with Gasteiger partial charge in [-0.2, -0.15) is 0 Å². The van der Waals surface area contributed by atoms with Crippen LogP contribution >= 0.6 is 15.9 Å². The third kappa shape index (κ3) is 4.40. The number of nitrogens with one attached hydrogen (secondary N) is 1. The first-order valence-corrected chi connectivity index (χ1v) is 8.03. The number of anilines is 1. The molecule has 0 aliphatic rings. The van der Waals surface area contributed by atoms with Crippen molar-refractivity contribution in [2.45, 2.75) is 46.1 Å². The molecule has 1 aromatic carbocycles. The molecule has 2 rings (SSSR count). The number of halogens is 1. The van der Waals surface area contributed by atoms with Gasteiger partial charge in [0, 0.05) is 9.86 Å². The van der Waals surface area contributed by atoms with E-state index in [4.69, 9.17) is 4.74 Å². The maximum Gasteiger partial charge on any atom is 0.413 e. The van der Waals surface area contributed by atoms with Crippen LogP contribution in [0.1, 0.15) is 39.7 Å². The van der Waals surface area contributed by atoms with E-state index >= 15 is 0 Å². The molecular formula is C16H20BrN3O2. The minimum atomic E-state index is -0.550. The Kier molecular flexibility index (Phi) is 5.01. The van der Waals surface area contributed by atoms with Crippen LogP contribution in [0.3, 0.4) is 0 Å². The molecule has 0 aliphatic carbocycles. The van der Waals surface area contributed by atoms with Crippen molar-refractivity contribution in [1.29, 1.82) is 0 Å². The second kappa shape index (κ2) is 6.60. The number of aryl methyl sites for hydroxylation is 1. The molecule has 0 saturated heterocycles. The molecule has 5 nitrogen and oxygen atoms in total. The Morgan fingerprint density at radius 3 is 2.64 bits per heavy atom. The van der Waals surface area contributed by atoms with Gasteiger partial charge in [0.25, 0.3) is 0 Å². The van der Waals surface area contributed by atoms with Crippen molar-refractivity contribution in [1.82, 2.24) is 10.2 Å². The molecule has 118 valence electrons. The maximum absolute atomic E-state index is 11.8. The molecule has 1 amide bonds. The highest BCUT2D eigenvalue weighted by atomic mass is 79.9. The van der Waals surface area contributed by atoms with E-state index in [1.165, 1.54) is 0 Å². The Balaban J connectivity index is 2.29. The molecule has 1 aromatic heterocycles. The van der Waals surface area contributed by atoms with E-state index in [1.54, 1.807) is 6.07 Å². The van der Waals surface area contributed by atoms with Gasteiger partial charge in [0.15, 0.2) is 5.82 Å². The lowest BCUT2D eigenvalue weighted by Gasteiger charge is -2.19. The molecule has 0 spiro atoms. The molecule has 0 unspecified atom stereocenters. The van der Waals surface area contributed by atoms with E-state index in [-0.39, 0.29) is 0 Å². The fourth-order valence-corrected chi connectivity index (χ4v) is 2.64. The number of nitrogens with zero attached hydrogens (tertiary/aromatic N) is 2. The lowest BCUT2D eigenvalue weighted by Crippen LogP contribution is -2.27. The van der Waals surface area contributed by atoms with Crippen molar-refractivity contribution in [3.8, 4) is 0 Å². The number of hydrogen-bond acceptors (Lipinski definition) is 4. The molecule has 0 saturated carbocycles. The summed E-state index contributed by atoms with van der Waals surface area (Å²) < 4.78 is 6.20. The predicted octanol–water partition coefficient (Wildman–Crippen LogP) is 4.69. The summed E-state index contributed by atoms with van der Waals surface area (Å²) in [5, 5.41) is 11.9. The van der Waals surface area contributed by atoms with E-state index in [9.17, 15) is 4.79 Å². The number of fused-ring (bicyclic) bond motifs is 1. The quantitative estimate of drug-likeness (QED) is 0.856. The first-order valence-electron chi connectivity index (χ1n) is 7.24. The van der Waals surface area contributed by atoms with Gasteiger partial charge in [-0.25, -0.2) is 4.79 Å². The Morgan fingerprint density at radius 2 is 2.00 bits per heavy atom. The lowest BCUT2D eigenvalue weighted by atomic mass is 10.1. The second-order valence-electron chi connectivity index (χ2n) is 6.11. The van der Waals surface area contributed by atoms with Crippen LogP contribution in [0.4, 0.5) is 10.6 Å². The fourth-order valence-electron chi connectivity index (χ4n) is 2.12. The molecule has 1 N–H and O–H groups in total. The van der Waals surface area contributed by atoms with Gasteiger partial charge in [0.2, 0.25) is 0 Å². The summed E-state index contributed by atoms with van der Waals surface area (Å²) in [4.78, 5) is 11.8. The third-order valence-electron chi connectivity index (χ3n) is 2.88. The van der Waals surface area contributed by atoms with Gasteiger partial charge in [-0.15, -0.1) is 10.2 Å². The van der Waals surface area contributed by atoms with E-state index < -0.39 is 11.7 Å². The van der Waals surface area contributed by atoms with Gasteiger partial charge in [0.1, 0.15) is 5.60 Å². The number of amides is 1. The van der Waals surface area contributed by atoms with E-state index in [0.717, 1.165) is 33.8 Å². The van der Waals surface area contributed by atoms with Gasteiger partial charge in [-0.3, -0.25) is 5.32 Å². The van der Waals surface area contributed by atoms with Crippen LogP contribution in [0.15, 0.2) is 22.7 Å². The van der Waals surface area contributed by atoms with Crippen molar-refractivity contribution in [2.75, 3.05) is 5.32 Å². The molecule has 0 fully saturated rings. The fraction of sp³-hybridized carbons (Fsp3) is 0.438. The summed E-state index contributed by atoms with van der Waals surface area (Å²) >= 11 is 3.51. The molecule has 0 radical (unpaired) electrons. The van der Waals surface area contributed by atoms with Crippen LogP contribution in [0.2, 0.25) is 0 Å². The molecule has 0 bridgehead atoms. The molecule has 1 heterocycles. The van der Waals surface area contributed by atoms with E-state index in [0.29, 0.717) is 5.82 Å². The number of aromatic nitrogens is 2. The molecular weight excluding hydrogens is 346 g/mol. The van der Waals surface area contributed by atoms with E-state index in [1.807, 2.05) is 26.8 Å². The Bertz CT molecular complexity index is 696. The number of ether oxygens (including phenoxy) is 1. The Morgan fingerprint density at radius 1 is 1.27 bits per heavy atom. The third-order valence-corrected chi connectivity index (χ3v) is 3.34. The number of carbonyl (C=O) groups is 1. The van der Waals surface area contributed by atoms with Crippen LogP contribution in [0.5, 0.6) is 0 Å². The largest absolute Gasteiger partial charge is 0.444 e. The van der Waals surface area contributed by atoms with Gasteiger partial charge < -0.3 is 4.74 Å². The van der Waals surface area contributed by atoms with Crippen LogP contribution in [0, 0.1) is 0 Å². The predicted molar refractivity (Wildman–Crippen MR) is 91.1 cm³/mol. The zero-order valence-electron chi connectivity index (χ0n) is 13.2. The summed E-state index contributed by atoms with van der Waals surface area (Å²) in [6.07, 6.45) is 1.43. The van der Waals surface area contributed by atoms with Crippen LogP contribution < -0.4 is 5.32 Å². The minimum Gasteiger partial charge on any atom is -0.444 e. The van der Waals surface area contributed by atoms with Crippen LogP contribution in [0.25, 0.3) is 10.9 Å². The monoisotopic (exact) mass is 365 g/mol. The Labute approximate surface area is 138 Å². The Hall–Kier alpha value is -1.69. The molecule has 0 aliphatic heterocycles. The smallest absolute Gasteiger partial charge is 0.413 e. The summed E-state index contributed by atoms with van der Waals surface area (Å²) in [6, 6.07) is 5.82. The number of benzene rings is 1. The minimum absolute atomic E-state index is 0.377. The zero-order valence-corrected chi connectivity index (χ0v) is 14.8. The highest BCUT2D eigenvalue weighted by Crippen LogP contribution is 2.25. The van der Waals surface area contributed by atoms with Gasteiger partial charge >= 0.3 is 6.09 Å². The van der Waals surface area contributed by atoms with Crippen molar-refractivity contribution >= 4 is 38.7 Å². The first kappa shape index (κ1) is 16.7. The van der Waals surface area contributed by atoms with Gasteiger partial charge in [-0.1, -0.05) is 29.3 Å². The zero-order chi connectivity index (χ0) is 16.3. The standard InChI is InChI=1S/C16H20BrN3O2/c1-5-6-10-7-12(17)8-11-9-13(19-20-14(10)11)18-15(21)22-16(2,3)4/h7-9H,5-6H2,1-4H3,(H,18,19,21). The molecule has 2 aromatic rings. The molecule has 6 heteroatoms. The number of rotatable bonds is 3. The van der Waals surface area contributed by atoms with Gasteiger partial charge in [0.05, 0.1) is 5.52 Å². The summed E-state index contributed by atoms with van der Waals surface area (Å²) in [7, 11) is 0. The van der Waals surface area contributed by atoms with E-state index in [2.05, 4.69) is 44.4 Å². The average molecular weight is 366 g/mol. The van der Waals surface area contributed by atoms with Crippen LogP contribution in [-0.4, -0.2) is 21.9 Å². The second-order valence-corrected chi connectivity index (χ2v) is 7.02. The summed E-state index contributed by atoms with van der Waals surface area (Å²) in [6.45, 7) is 7.56. The molecule has 22 heavy (non-hydrogen) atoms. The highest BCUT2D eigenvalue weighted by molar-refractivity contribution is 9.10. The first-order chi connectivity index (χ1) is 10.3. The normalized spacial score (nSPS) is 11.5. The average Bonchev–Trinajstić information content (AvgIpc) is 2.35. The van der Waals surface area contributed by atoms with Crippen molar-refractivity contribution in [3.05, 3.63) is 28.2 Å². The van der Waals surface area contributed by atoms with Crippen molar-refractivity contribution in [2.24, 2.45) is 0 Å². The van der Waals surface area contributed by atoms with Crippen LogP contribution in [-0.2, 0) is 11.2 Å². The summed E-state index contributed by atoms with van der Waals surface area (Å²) in [5.41, 5.74) is 1.45. The maximum atomic E-state index is 11.8. The highest BCUT2D eigenvalue weighted by Gasteiger charge is 2.17. The van der Waals surface area contributed by atoms with Crippen molar-refractivity contribution in [3.63, 3.8) is 0 Å². The summed E-state index contributed by atoms with van der Waals surface area (Å²) in [5.74, 6) is 0.377.